The van der Waals surface area contributed by atoms with Gasteiger partial charge in [-0.1, -0.05) is 0 Å². The molecule has 0 aliphatic rings. The van der Waals surface area contributed by atoms with Crippen LogP contribution < -0.4 is 0 Å². The Morgan fingerprint density at radius 2 is 1.73 bits per heavy atom. The summed E-state index contributed by atoms with van der Waals surface area (Å²) in [4.78, 5) is 4.95. The number of hydrogen-bond acceptors (Lipinski definition) is 4. The van der Waals surface area contributed by atoms with E-state index in [0.29, 0.717) is 12.4 Å². The quantitative estimate of drug-likeness (QED) is 0.460. The van der Waals surface area contributed by atoms with E-state index in [1.54, 1.807) is 0 Å². The molecule has 0 N–H and O–H groups in total. The molecule has 1 aromatic rings. The molecule has 4 nitrogen and oxygen atoms in total. The molecule has 7 heteroatoms. The first-order valence-electron chi connectivity index (χ1n) is 2.42. The second kappa shape index (κ2) is 2.50. The minimum absolute atomic E-state index is 0.553. The molecule has 1 heterocycles. The maximum absolute atomic E-state index is 12.0. The predicted octanol–water partition coefficient (Wildman–Crippen LogP) is 0.274. The molecule has 60 valence electrons. The Labute approximate surface area is 61.1 Å². The van der Waals surface area contributed by atoms with Crippen LogP contribution in [0.1, 0.15) is 0 Å². The molecule has 0 fully saturated rings. The highest BCUT2D eigenvalue weighted by Crippen LogP contribution is 2.07. The summed E-state index contributed by atoms with van der Waals surface area (Å²) in [6, 6.07) is 0. The molecule has 0 aromatic carbocycles. The molecule has 0 bridgehead atoms. The maximum Gasteiger partial charge on any atom is 0.335 e. The molecule has 0 saturated heterocycles. The van der Waals surface area contributed by atoms with Gasteiger partial charge in [0.2, 0.25) is 0 Å². The number of rotatable bonds is 1. The summed E-state index contributed by atoms with van der Waals surface area (Å²) in [5.74, 6) is 0. The van der Waals surface area contributed by atoms with E-state index in [1.165, 1.54) is 0 Å². The van der Waals surface area contributed by atoms with Crippen molar-refractivity contribution in [2.45, 2.75) is 4.90 Å². The molecule has 0 spiro atoms. The lowest BCUT2D eigenvalue weighted by Gasteiger charge is -1.90. The zero-order valence-electron chi connectivity index (χ0n) is 5.03. The average molecular weight is 180 g/mol. The van der Waals surface area contributed by atoms with Gasteiger partial charge in [-0.25, -0.2) is 9.97 Å². The molecule has 0 amide bonds. The molecule has 0 saturated carbocycles. The first kappa shape index (κ1) is 7.99. The summed E-state index contributed by atoms with van der Waals surface area (Å²) in [6.07, 6.45) is 0.00685. The Kier molecular flexibility index (Phi) is 1.81. The fraction of sp³-hybridized carbons (Fsp3) is 0. The van der Waals surface area contributed by atoms with Crippen LogP contribution in [-0.4, -0.2) is 18.4 Å². The largest absolute Gasteiger partial charge is 0.335 e. The molecule has 0 radical (unpaired) electrons. The summed E-state index contributed by atoms with van der Waals surface area (Å²) in [7, 11) is -4.81. The van der Waals surface area contributed by atoms with Crippen LogP contribution in [0.25, 0.3) is 0 Å². The smallest absolute Gasteiger partial charge is 0.209 e. The van der Waals surface area contributed by atoms with Gasteiger partial charge in [0.05, 0.1) is 12.4 Å². The Bertz CT molecular complexity index is 347. The van der Waals surface area contributed by atoms with Crippen LogP contribution in [-0.2, 0) is 10.2 Å². The van der Waals surface area contributed by atoms with Crippen molar-refractivity contribution in [1.82, 2.24) is 9.97 Å². The van der Waals surface area contributed by atoms with Crippen LogP contribution in [0.4, 0.5) is 8.28 Å². The van der Waals surface area contributed by atoms with E-state index in [0.717, 1.165) is 0 Å². The summed E-state index contributed by atoms with van der Waals surface area (Å²) >= 11 is 0. The summed E-state index contributed by atoms with van der Waals surface area (Å²) in [6.45, 7) is 0. The van der Waals surface area contributed by atoms with Gasteiger partial charge in [-0.3, -0.25) is 0 Å². The zero-order chi connectivity index (χ0) is 8.48. The normalized spacial score (nSPS) is 11.5. The van der Waals surface area contributed by atoms with Gasteiger partial charge in [0.15, 0.2) is 0 Å². The first-order valence-corrected chi connectivity index (χ1v) is 3.81. The summed E-state index contributed by atoms with van der Waals surface area (Å²) in [5, 5.41) is 0. The van der Waals surface area contributed by atoms with Crippen LogP contribution in [0.2, 0.25) is 0 Å². The number of halogens is 2. The number of hydrogen-bond donors (Lipinski definition) is 0. The summed E-state index contributed by atoms with van der Waals surface area (Å²) < 4.78 is 44.1. The van der Waals surface area contributed by atoms with E-state index in [1.807, 2.05) is 0 Å². The fourth-order valence-corrected chi connectivity index (χ4v) is 0.784. The molecule has 1 rings (SSSR count). The van der Waals surface area contributed by atoms with Crippen LogP contribution in [0.5, 0.6) is 0 Å². The fourth-order valence-electron chi connectivity index (χ4n) is 0.426. The van der Waals surface area contributed by atoms with E-state index in [-0.39, 0.29) is 0 Å². The second-order valence-corrected chi connectivity index (χ2v) is 2.97. The van der Waals surface area contributed by atoms with Gasteiger partial charge in [0.1, 0.15) is 4.90 Å². The lowest BCUT2D eigenvalue weighted by Crippen LogP contribution is -1.96. The Morgan fingerprint density at radius 1 is 1.27 bits per heavy atom. The SMILES string of the molecule is O=S(=O)(F)c1cnc(F)nc1. The highest BCUT2D eigenvalue weighted by molar-refractivity contribution is 7.86. The Morgan fingerprint density at radius 3 is 2.09 bits per heavy atom. The van der Waals surface area contributed by atoms with Crippen molar-refractivity contribution in [3.8, 4) is 0 Å². The molecule has 1 aromatic heterocycles. The maximum atomic E-state index is 12.0. The van der Waals surface area contributed by atoms with Crippen LogP contribution >= 0.6 is 0 Å². The minimum Gasteiger partial charge on any atom is -0.209 e. The van der Waals surface area contributed by atoms with Gasteiger partial charge < -0.3 is 0 Å². The van der Waals surface area contributed by atoms with E-state index >= 15 is 0 Å². The van der Waals surface area contributed by atoms with Crippen molar-refractivity contribution in [2.24, 2.45) is 0 Å². The monoisotopic (exact) mass is 180 g/mol. The van der Waals surface area contributed by atoms with Crippen molar-refractivity contribution in [3.05, 3.63) is 18.5 Å². The van der Waals surface area contributed by atoms with Crippen molar-refractivity contribution in [1.29, 1.82) is 0 Å². The van der Waals surface area contributed by atoms with E-state index < -0.39 is 21.2 Å². The molecular formula is C4H2F2N2O2S. The molecule has 0 atom stereocenters. The minimum atomic E-state index is -4.81. The average Bonchev–Trinajstić information content (AvgIpc) is 1.86. The lowest BCUT2D eigenvalue weighted by atomic mass is 10.7. The first-order chi connectivity index (χ1) is 5.00. The standard InChI is InChI=1S/C4H2F2N2O2S/c5-4-7-1-3(2-8-4)11(6,9)10/h1-2H. The van der Waals surface area contributed by atoms with Crippen molar-refractivity contribution in [3.63, 3.8) is 0 Å². The molecule has 0 aliphatic carbocycles. The topological polar surface area (TPSA) is 59.9 Å². The third-order valence-electron chi connectivity index (χ3n) is 0.878. The highest BCUT2D eigenvalue weighted by atomic mass is 32.3. The Hall–Kier alpha value is -1.11. The van der Waals surface area contributed by atoms with Gasteiger partial charge in [0.25, 0.3) is 0 Å². The third kappa shape index (κ3) is 1.90. The molecule has 0 aliphatic heterocycles. The summed E-state index contributed by atoms with van der Waals surface area (Å²) in [5.41, 5.74) is 0. The van der Waals surface area contributed by atoms with Crippen molar-refractivity contribution < 1.29 is 16.7 Å². The van der Waals surface area contributed by atoms with Gasteiger partial charge in [0, 0.05) is 0 Å². The molecule has 0 unspecified atom stereocenters. The van der Waals surface area contributed by atoms with E-state index in [4.69, 9.17) is 0 Å². The van der Waals surface area contributed by atoms with Crippen molar-refractivity contribution in [2.75, 3.05) is 0 Å². The zero-order valence-corrected chi connectivity index (χ0v) is 5.85. The van der Waals surface area contributed by atoms with Gasteiger partial charge in [-0.15, -0.1) is 3.89 Å². The molecule has 11 heavy (non-hydrogen) atoms. The van der Waals surface area contributed by atoms with E-state index in [2.05, 4.69) is 9.97 Å². The van der Waals surface area contributed by atoms with E-state index in [9.17, 15) is 16.7 Å². The van der Waals surface area contributed by atoms with Crippen LogP contribution in [0, 0.1) is 6.08 Å². The van der Waals surface area contributed by atoms with Gasteiger partial charge in [-0.05, 0) is 0 Å². The number of aromatic nitrogens is 2. The van der Waals surface area contributed by atoms with Crippen LogP contribution in [0.3, 0.4) is 0 Å². The highest BCUT2D eigenvalue weighted by Gasteiger charge is 2.12. The Balaban J connectivity index is 3.20. The van der Waals surface area contributed by atoms with Gasteiger partial charge in [-0.2, -0.15) is 12.8 Å². The molecular weight excluding hydrogens is 178 g/mol. The number of nitrogens with zero attached hydrogens (tertiary/aromatic N) is 2. The van der Waals surface area contributed by atoms with Gasteiger partial charge >= 0.3 is 16.3 Å². The predicted molar refractivity (Wildman–Crippen MR) is 30.3 cm³/mol. The second-order valence-electron chi connectivity index (χ2n) is 1.63. The van der Waals surface area contributed by atoms with Crippen molar-refractivity contribution >= 4 is 10.2 Å². The van der Waals surface area contributed by atoms with Crippen LogP contribution in [0.15, 0.2) is 17.3 Å². The third-order valence-corrected chi connectivity index (χ3v) is 1.65. The lowest BCUT2D eigenvalue weighted by molar-refractivity contribution is 0.526.